The van der Waals surface area contributed by atoms with Crippen molar-refractivity contribution < 1.29 is 9.59 Å². The number of fused-ring (bicyclic) bond motifs is 1. The molecule has 1 fully saturated rings. The average molecular weight is 395 g/mol. The molecule has 0 spiro atoms. The third kappa shape index (κ3) is 3.85. The van der Waals surface area contributed by atoms with Gasteiger partial charge in [-0.3, -0.25) is 25.1 Å². The molecule has 1 aliphatic carbocycles. The molecule has 3 aromatic rings. The van der Waals surface area contributed by atoms with Crippen LogP contribution in [0, 0.1) is 13.8 Å². The van der Waals surface area contributed by atoms with Crippen molar-refractivity contribution in [3.63, 3.8) is 0 Å². The van der Waals surface area contributed by atoms with Crippen molar-refractivity contribution in [3.05, 3.63) is 41.0 Å². The van der Waals surface area contributed by atoms with Crippen LogP contribution < -0.4 is 10.9 Å². The summed E-state index contributed by atoms with van der Waals surface area (Å²) < 4.78 is 3.42. The highest BCUT2D eigenvalue weighted by Gasteiger charge is 2.28. The molecule has 1 saturated carbocycles. The van der Waals surface area contributed by atoms with Gasteiger partial charge in [0, 0.05) is 23.3 Å². The minimum Gasteiger partial charge on any atom is -0.271 e. The SMILES string of the molecule is Cc1cc(C)n(CC(=O)NNC(=O)c2cc(C3CC3)nc3c2cnn3C(C)C)n1. The van der Waals surface area contributed by atoms with Crippen LogP contribution in [-0.4, -0.2) is 36.4 Å². The fourth-order valence-corrected chi connectivity index (χ4v) is 3.40. The van der Waals surface area contributed by atoms with Crippen LogP contribution in [-0.2, 0) is 11.3 Å². The van der Waals surface area contributed by atoms with E-state index in [0.29, 0.717) is 22.5 Å². The second kappa shape index (κ2) is 7.31. The van der Waals surface area contributed by atoms with Crippen LogP contribution in [0.15, 0.2) is 18.3 Å². The number of nitrogens with zero attached hydrogens (tertiary/aromatic N) is 5. The van der Waals surface area contributed by atoms with Gasteiger partial charge in [-0.25, -0.2) is 9.67 Å². The second-order valence-corrected chi connectivity index (χ2v) is 7.88. The summed E-state index contributed by atoms with van der Waals surface area (Å²) in [6.07, 6.45) is 3.81. The van der Waals surface area contributed by atoms with Gasteiger partial charge in [-0.1, -0.05) is 0 Å². The Morgan fingerprint density at radius 1 is 1.21 bits per heavy atom. The molecule has 0 bridgehead atoms. The Kier molecular flexibility index (Phi) is 4.81. The molecule has 0 aliphatic heterocycles. The molecule has 2 N–H and O–H groups in total. The van der Waals surface area contributed by atoms with Crippen LogP contribution in [0.2, 0.25) is 0 Å². The molecule has 0 radical (unpaired) electrons. The standard InChI is InChI=1S/C20H25N7O2/c1-11(2)27-19-16(9-21-27)15(8-17(22-19)14-5-6-14)20(29)24-23-18(28)10-26-13(4)7-12(3)25-26/h7-9,11,14H,5-6,10H2,1-4H3,(H,23,28)(H,24,29). The van der Waals surface area contributed by atoms with Gasteiger partial charge in [0.1, 0.15) is 6.54 Å². The predicted octanol–water partition coefficient (Wildman–Crippen LogP) is 2.16. The van der Waals surface area contributed by atoms with E-state index in [0.717, 1.165) is 29.9 Å². The topological polar surface area (TPSA) is 107 Å². The molecule has 9 nitrogen and oxygen atoms in total. The molecule has 29 heavy (non-hydrogen) atoms. The molecule has 9 heteroatoms. The van der Waals surface area contributed by atoms with Gasteiger partial charge in [0.05, 0.1) is 22.8 Å². The first kappa shape index (κ1) is 19.1. The summed E-state index contributed by atoms with van der Waals surface area (Å²) in [5, 5.41) is 9.33. The smallest absolute Gasteiger partial charge is 0.270 e. The molecule has 0 saturated heterocycles. The first-order valence-corrected chi connectivity index (χ1v) is 9.82. The van der Waals surface area contributed by atoms with Crippen LogP contribution in [0.3, 0.4) is 0 Å². The van der Waals surface area contributed by atoms with E-state index in [2.05, 4.69) is 21.0 Å². The average Bonchev–Trinajstić information content (AvgIpc) is 3.35. The van der Waals surface area contributed by atoms with Gasteiger partial charge < -0.3 is 0 Å². The van der Waals surface area contributed by atoms with E-state index in [9.17, 15) is 9.59 Å². The van der Waals surface area contributed by atoms with Crippen LogP contribution in [0.25, 0.3) is 11.0 Å². The van der Waals surface area contributed by atoms with Gasteiger partial charge in [0.25, 0.3) is 11.8 Å². The van der Waals surface area contributed by atoms with E-state index >= 15 is 0 Å². The zero-order valence-corrected chi connectivity index (χ0v) is 17.1. The Bertz CT molecular complexity index is 1090. The summed E-state index contributed by atoms with van der Waals surface area (Å²) in [7, 11) is 0. The summed E-state index contributed by atoms with van der Waals surface area (Å²) in [6.45, 7) is 7.83. The molecule has 0 unspecified atom stereocenters. The quantitative estimate of drug-likeness (QED) is 0.644. The summed E-state index contributed by atoms with van der Waals surface area (Å²) >= 11 is 0. The summed E-state index contributed by atoms with van der Waals surface area (Å²) in [5.41, 5.74) is 8.79. The second-order valence-electron chi connectivity index (χ2n) is 7.88. The summed E-state index contributed by atoms with van der Waals surface area (Å²) in [6, 6.07) is 3.84. The molecule has 4 rings (SSSR count). The normalized spacial score (nSPS) is 13.8. The zero-order chi connectivity index (χ0) is 20.7. The van der Waals surface area contributed by atoms with Crippen molar-refractivity contribution in [1.29, 1.82) is 0 Å². The Morgan fingerprint density at radius 3 is 2.59 bits per heavy atom. The largest absolute Gasteiger partial charge is 0.271 e. The number of carbonyl (C=O) groups excluding carboxylic acids is 2. The van der Waals surface area contributed by atoms with Crippen molar-refractivity contribution in [1.82, 2.24) is 35.4 Å². The van der Waals surface area contributed by atoms with Crippen molar-refractivity contribution >= 4 is 22.8 Å². The minimum atomic E-state index is -0.385. The molecule has 0 aromatic carbocycles. The number of aromatic nitrogens is 5. The number of rotatable bonds is 5. The molecule has 3 heterocycles. The number of hydrogen-bond donors (Lipinski definition) is 2. The van der Waals surface area contributed by atoms with Gasteiger partial charge in [0.2, 0.25) is 0 Å². The third-order valence-electron chi connectivity index (χ3n) is 5.03. The molecular weight excluding hydrogens is 370 g/mol. The Balaban J connectivity index is 1.53. The van der Waals surface area contributed by atoms with E-state index in [4.69, 9.17) is 4.98 Å². The lowest BCUT2D eigenvalue weighted by molar-refractivity contribution is -0.122. The van der Waals surface area contributed by atoms with E-state index in [-0.39, 0.29) is 24.4 Å². The number of hydrazine groups is 1. The number of aryl methyl sites for hydroxylation is 2. The maximum Gasteiger partial charge on any atom is 0.270 e. The van der Waals surface area contributed by atoms with Crippen molar-refractivity contribution in [2.24, 2.45) is 0 Å². The van der Waals surface area contributed by atoms with Gasteiger partial charge in [-0.2, -0.15) is 10.2 Å². The first-order valence-electron chi connectivity index (χ1n) is 9.82. The maximum absolute atomic E-state index is 12.8. The highest BCUT2D eigenvalue weighted by molar-refractivity contribution is 6.06. The number of pyridine rings is 1. The Labute approximate surface area is 168 Å². The first-order chi connectivity index (χ1) is 13.8. The number of amides is 2. The minimum absolute atomic E-state index is 0.0321. The number of hydrogen-bond acceptors (Lipinski definition) is 5. The van der Waals surface area contributed by atoms with Gasteiger partial charge in [-0.05, 0) is 52.7 Å². The van der Waals surface area contributed by atoms with Crippen LogP contribution in [0.1, 0.15) is 66.1 Å². The lowest BCUT2D eigenvalue weighted by Gasteiger charge is -2.11. The van der Waals surface area contributed by atoms with E-state index in [1.165, 1.54) is 0 Å². The lowest BCUT2D eigenvalue weighted by Crippen LogP contribution is -2.43. The third-order valence-corrected chi connectivity index (χ3v) is 5.03. The highest BCUT2D eigenvalue weighted by atomic mass is 16.2. The van der Waals surface area contributed by atoms with E-state index in [1.54, 1.807) is 10.9 Å². The molecule has 2 amide bonds. The van der Waals surface area contributed by atoms with Crippen molar-refractivity contribution in [2.75, 3.05) is 0 Å². The van der Waals surface area contributed by atoms with Gasteiger partial charge >= 0.3 is 0 Å². The molecule has 152 valence electrons. The molecular formula is C20H25N7O2. The molecule has 0 atom stereocenters. The van der Waals surface area contributed by atoms with Crippen molar-refractivity contribution in [2.45, 2.75) is 59.0 Å². The van der Waals surface area contributed by atoms with Crippen LogP contribution in [0.4, 0.5) is 0 Å². The Morgan fingerprint density at radius 2 is 1.97 bits per heavy atom. The van der Waals surface area contributed by atoms with E-state index < -0.39 is 0 Å². The number of carbonyl (C=O) groups is 2. The lowest BCUT2D eigenvalue weighted by atomic mass is 10.1. The molecule has 3 aromatic heterocycles. The van der Waals surface area contributed by atoms with Gasteiger partial charge in [-0.15, -0.1) is 0 Å². The Hall–Kier alpha value is -3.23. The van der Waals surface area contributed by atoms with Crippen molar-refractivity contribution in [3.8, 4) is 0 Å². The van der Waals surface area contributed by atoms with Gasteiger partial charge in [0.15, 0.2) is 5.65 Å². The van der Waals surface area contributed by atoms with Crippen LogP contribution >= 0.6 is 0 Å². The maximum atomic E-state index is 12.8. The zero-order valence-electron chi connectivity index (χ0n) is 17.1. The fraction of sp³-hybridized carbons (Fsp3) is 0.450. The highest BCUT2D eigenvalue weighted by Crippen LogP contribution is 2.40. The summed E-state index contributed by atoms with van der Waals surface area (Å²) in [4.78, 5) is 29.8. The monoisotopic (exact) mass is 395 g/mol. The van der Waals surface area contributed by atoms with E-state index in [1.807, 2.05) is 44.5 Å². The summed E-state index contributed by atoms with van der Waals surface area (Å²) in [5.74, 6) is -0.346. The van der Waals surface area contributed by atoms with Crippen LogP contribution in [0.5, 0.6) is 0 Å². The molecule has 1 aliphatic rings. The fourth-order valence-electron chi connectivity index (χ4n) is 3.40. The predicted molar refractivity (Wildman–Crippen MR) is 107 cm³/mol. The number of nitrogens with one attached hydrogen (secondary N) is 2.